The number of hydrazine groups is 1. The minimum atomic E-state index is -4.85. The van der Waals surface area contributed by atoms with Crippen LogP contribution in [0.5, 0.6) is 0 Å². The Balaban J connectivity index is 2.00. The average Bonchev–Trinajstić information content (AvgIpc) is 2.69. The molecule has 0 aromatic rings. The van der Waals surface area contributed by atoms with E-state index < -0.39 is 46.7 Å². The topological polar surface area (TPSA) is 169 Å². The van der Waals surface area contributed by atoms with Gasteiger partial charge in [0.1, 0.15) is 12.5 Å². The zero-order valence-electron chi connectivity index (χ0n) is 11.6. The minimum Gasteiger partial charge on any atom is -0.309 e. The number of nitriles is 1. The number of nitrogens with one attached hydrogen (secondary N) is 2. The number of urea groups is 1. The molecule has 23 heavy (non-hydrogen) atoms. The Morgan fingerprint density at radius 2 is 2.09 bits per heavy atom. The van der Waals surface area contributed by atoms with Gasteiger partial charge in [0.05, 0.1) is 12.1 Å². The maximum absolute atomic E-state index is 12.1. The van der Waals surface area contributed by atoms with Gasteiger partial charge in [-0.3, -0.25) is 25.0 Å². The number of amides is 4. The number of fused-ring (bicyclic) bond motifs is 2. The number of piperidine rings is 1. The molecule has 0 aromatic heterocycles. The summed E-state index contributed by atoms with van der Waals surface area (Å²) >= 11 is 0. The summed E-state index contributed by atoms with van der Waals surface area (Å²) < 4.78 is 34.4. The Kier molecular flexibility index (Phi) is 4.68. The van der Waals surface area contributed by atoms with Gasteiger partial charge in [0, 0.05) is 6.54 Å². The predicted molar refractivity (Wildman–Crippen MR) is 69.9 cm³/mol. The molecule has 0 aliphatic carbocycles. The highest BCUT2D eigenvalue weighted by atomic mass is 32.3. The first kappa shape index (κ1) is 16.9. The number of rotatable bonds is 4. The Morgan fingerprint density at radius 1 is 1.39 bits per heavy atom. The van der Waals surface area contributed by atoms with Crippen LogP contribution in [-0.2, 0) is 24.3 Å². The first-order valence-corrected chi connectivity index (χ1v) is 7.82. The zero-order chi connectivity index (χ0) is 17.2. The van der Waals surface area contributed by atoms with E-state index in [0.717, 1.165) is 4.90 Å². The Bertz CT molecular complexity index is 672. The van der Waals surface area contributed by atoms with Gasteiger partial charge in [-0.25, -0.2) is 4.79 Å². The Hall–Kier alpha value is -2.43. The lowest BCUT2D eigenvalue weighted by Crippen LogP contribution is -2.54. The number of nitrogens with zero attached hydrogens (tertiary/aromatic N) is 3. The lowest BCUT2D eigenvalue weighted by molar-refractivity contribution is -0.131. The number of carbonyl (C=O) groups excluding carboxylic acids is 3. The van der Waals surface area contributed by atoms with Crippen molar-refractivity contribution >= 4 is 28.2 Å². The van der Waals surface area contributed by atoms with Gasteiger partial charge < -0.3 is 4.90 Å². The summed E-state index contributed by atoms with van der Waals surface area (Å²) in [7, 11) is -4.85. The van der Waals surface area contributed by atoms with Crippen molar-refractivity contribution in [3.05, 3.63) is 0 Å². The molecule has 0 spiro atoms. The average molecular weight is 347 g/mol. The van der Waals surface area contributed by atoms with Crippen LogP contribution in [0.1, 0.15) is 19.3 Å². The van der Waals surface area contributed by atoms with E-state index in [1.165, 1.54) is 0 Å². The minimum absolute atomic E-state index is 0.0403. The molecule has 2 saturated heterocycles. The summed E-state index contributed by atoms with van der Waals surface area (Å²) in [4.78, 5) is 36.2. The summed E-state index contributed by atoms with van der Waals surface area (Å²) in [6, 6.07) is -0.824. The third-order valence-electron chi connectivity index (χ3n) is 3.36. The molecule has 2 aliphatic heterocycles. The summed E-state index contributed by atoms with van der Waals surface area (Å²) in [5, 5.41) is 8.84. The molecular weight excluding hydrogens is 334 g/mol. The summed E-state index contributed by atoms with van der Waals surface area (Å²) in [5.74, 6) is -1.39. The van der Waals surface area contributed by atoms with Gasteiger partial charge in [-0.15, -0.1) is 4.28 Å². The maximum atomic E-state index is 12.1. The van der Waals surface area contributed by atoms with E-state index in [2.05, 4.69) is 9.71 Å². The monoisotopic (exact) mass is 347 g/mol. The van der Waals surface area contributed by atoms with Crippen molar-refractivity contribution in [2.24, 2.45) is 0 Å². The molecular formula is C10H13N5O7S. The van der Waals surface area contributed by atoms with Crippen molar-refractivity contribution in [1.29, 1.82) is 5.26 Å². The second-order valence-electron chi connectivity index (χ2n) is 4.88. The van der Waals surface area contributed by atoms with Crippen LogP contribution >= 0.6 is 0 Å². The van der Waals surface area contributed by atoms with E-state index >= 15 is 0 Å². The molecule has 12 nitrogen and oxygen atoms in total. The second kappa shape index (κ2) is 6.36. The van der Waals surface area contributed by atoms with Crippen molar-refractivity contribution in [1.82, 2.24) is 20.8 Å². The second-order valence-corrected chi connectivity index (χ2v) is 5.89. The summed E-state index contributed by atoms with van der Waals surface area (Å²) in [6.07, 6.45) is 0.0370. The molecule has 2 bridgehead atoms. The van der Waals surface area contributed by atoms with Crippen LogP contribution in [0.2, 0.25) is 0 Å². The molecule has 0 unspecified atom stereocenters. The summed E-state index contributed by atoms with van der Waals surface area (Å²) in [6.45, 7) is 0.0403. The largest absolute Gasteiger partial charge is 0.418 e. The molecule has 2 heterocycles. The lowest BCUT2D eigenvalue weighted by atomic mass is 10.0. The van der Waals surface area contributed by atoms with Crippen LogP contribution in [0.25, 0.3) is 0 Å². The molecule has 13 heteroatoms. The fourth-order valence-electron chi connectivity index (χ4n) is 2.43. The van der Waals surface area contributed by atoms with Gasteiger partial charge >= 0.3 is 16.4 Å². The van der Waals surface area contributed by atoms with E-state index in [0.29, 0.717) is 5.06 Å². The molecule has 0 aromatic carbocycles. The van der Waals surface area contributed by atoms with Gasteiger partial charge in [0.15, 0.2) is 0 Å². The van der Waals surface area contributed by atoms with Crippen molar-refractivity contribution in [2.75, 3.05) is 6.54 Å². The van der Waals surface area contributed by atoms with Crippen LogP contribution in [0.4, 0.5) is 4.79 Å². The van der Waals surface area contributed by atoms with Crippen LogP contribution in [-0.4, -0.2) is 59.4 Å². The fourth-order valence-corrected chi connectivity index (χ4v) is 2.82. The van der Waals surface area contributed by atoms with E-state index in [9.17, 15) is 22.8 Å². The molecule has 2 fully saturated rings. The highest BCUT2D eigenvalue weighted by Crippen LogP contribution is 2.30. The third kappa shape index (κ3) is 3.86. The number of hydrogen-bond acceptors (Lipinski definition) is 7. The SMILES string of the molecule is N#CCC(=O)NNC(=O)[C@H]1CC[C@@H]2CN1C(=O)N2OS(=O)(=O)O. The smallest absolute Gasteiger partial charge is 0.309 e. The van der Waals surface area contributed by atoms with E-state index in [4.69, 9.17) is 9.81 Å². The molecule has 2 rings (SSSR count). The first-order valence-electron chi connectivity index (χ1n) is 6.45. The third-order valence-corrected chi connectivity index (χ3v) is 3.71. The molecule has 0 saturated carbocycles. The maximum Gasteiger partial charge on any atom is 0.418 e. The standard InChI is InChI=1S/C10H13N5O7S/c11-4-3-8(16)12-13-9(17)7-2-1-6-5-14(7)10(18)15(6)22-23(19,20)21/h6-7H,1-3,5H2,(H,12,16)(H,13,17)(H,19,20,21)/t6-,7-/m1/s1. The predicted octanol–water partition coefficient (Wildman–Crippen LogP) is -1.95. The highest BCUT2D eigenvalue weighted by Gasteiger charge is 2.49. The highest BCUT2D eigenvalue weighted by molar-refractivity contribution is 7.80. The van der Waals surface area contributed by atoms with Gasteiger partial charge in [-0.2, -0.15) is 18.7 Å². The van der Waals surface area contributed by atoms with Gasteiger partial charge in [0.25, 0.3) is 11.8 Å². The van der Waals surface area contributed by atoms with Crippen molar-refractivity contribution in [3.8, 4) is 6.07 Å². The van der Waals surface area contributed by atoms with E-state index in [1.807, 2.05) is 5.43 Å². The van der Waals surface area contributed by atoms with Gasteiger partial charge in [-0.1, -0.05) is 0 Å². The van der Waals surface area contributed by atoms with Crippen LogP contribution in [0.3, 0.4) is 0 Å². The quantitative estimate of drug-likeness (QED) is 0.389. The lowest BCUT2D eigenvalue weighted by Gasteiger charge is -2.29. The first-order chi connectivity index (χ1) is 10.7. The molecule has 4 amide bonds. The number of hydroxylamine groups is 2. The Morgan fingerprint density at radius 3 is 2.70 bits per heavy atom. The van der Waals surface area contributed by atoms with E-state index in [-0.39, 0.29) is 19.4 Å². The van der Waals surface area contributed by atoms with Crippen molar-refractivity contribution in [3.63, 3.8) is 0 Å². The number of hydrogen-bond donors (Lipinski definition) is 3. The van der Waals surface area contributed by atoms with Crippen molar-refractivity contribution < 1.29 is 31.6 Å². The Labute approximate surface area is 130 Å². The summed E-state index contributed by atoms with van der Waals surface area (Å²) in [5.41, 5.74) is 4.12. The molecule has 3 N–H and O–H groups in total. The van der Waals surface area contributed by atoms with Crippen LogP contribution in [0, 0.1) is 11.3 Å². The fraction of sp³-hybridized carbons (Fsp3) is 0.600. The molecule has 126 valence electrons. The van der Waals surface area contributed by atoms with Crippen LogP contribution in [0.15, 0.2) is 0 Å². The van der Waals surface area contributed by atoms with Crippen molar-refractivity contribution in [2.45, 2.75) is 31.3 Å². The molecule has 0 radical (unpaired) electrons. The molecule has 2 aliphatic rings. The number of carbonyl (C=O) groups is 3. The van der Waals surface area contributed by atoms with Gasteiger partial charge in [-0.05, 0) is 12.8 Å². The van der Waals surface area contributed by atoms with Gasteiger partial charge in [0.2, 0.25) is 0 Å². The van der Waals surface area contributed by atoms with Crippen LogP contribution < -0.4 is 10.9 Å². The van der Waals surface area contributed by atoms with E-state index in [1.54, 1.807) is 6.07 Å². The zero-order valence-corrected chi connectivity index (χ0v) is 12.4. The normalized spacial score (nSPS) is 23.4. The molecule has 2 atom stereocenters.